The van der Waals surface area contributed by atoms with Gasteiger partial charge in [-0.2, -0.15) is 0 Å². The van der Waals surface area contributed by atoms with Crippen LogP contribution >= 0.6 is 22.9 Å². The third-order valence-corrected chi connectivity index (χ3v) is 8.13. The highest BCUT2D eigenvalue weighted by molar-refractivity contribution is 7.07. The summed E-state index contributed by atoms with van der Waals surface area (Å²) >= 11 is 7.46. The quantitative estimate of drug-likeness (QED) is 0.131. The number of aromatic nitrogens is 1. The molecule has 43 heavy (non-hydrogen) atoms. The van der Waals surface area contributed by atoms with Gasteiger partial charge in [-0.15, -0.1) is 0 Å². The van der Waals surface area contributed by atoms with Crippen LogP contribution in [0.15, 0.2) is 111 Å². The largest absolute Gasteiger partial charge is 0.463 e. The third kappa shape index (κ3) is 5.33. The lowest BCUT2D eigenvalue weighted by Gasteiger charge is -2.25. The van der Waals surface area contributed by atoms with E-state index < -0.39 is 16.9 Å². The highest BCUT2D eigenvalue weighted by atomic mass is 35.5. The van der Waals surface area contributed by atoms with Gasteiger partial charge in [0.15, 0.2) is 4.80 Å². The number of carbonyl (C=O) groups is 1. The van der Waals surface area contributed by atoms with Crippen LogP contribution in [0.25, 0.3) is 23.1 Å². The molecule has 1 aliphatic heterocycles. The van der Waals surface area contributed by atoms with Crippen LogP contribution in [0.3, 0.4) is 0 Å². The van der Waals surface area contributed by atoms with Crippen LogP contribution in [0.4, 0.5) is 5.69 Å². The molecule has 6 rings (SSSR count). The highest BCUT2D eigenvalue weighted by Crippen LogP contribution is 2.35. The topological polar surface area (TPSA) is 117 Å². The first-order valence-electron chi connectivity index (χ1n) is 13.2. The molecule has 0 aliphatic carbocycles. The number of esters is 1. The molecule has 1 atom stereocenters. The number of furan rings is 1. The molecule has 0 saturated carbocycles. The van der Waals surface area contributed by atoms with Gasteiger partial charge < -0.3 is 9.15 Å². The lowest BCUT2D eigenvalue weighted by atomic mass is 9.93. The van der Waals surface area contributed by atoms with Crippen molar-refractivity contribution in [3.05, 3.63) is 148 Å². The molecule has 1 unspecified atom stereocenters. The van der Waals surface area contributed by atoms with E-state index in [1.807, 2.05) is 60.7 Å². The summed E-state index contributed by atoms with van der Waals surface area (Å²) in [5, 5.41) is 11.6. The number of halogens is 1. The summed E-state index contributed by atoms with van der Waals surface area (Å²) in [5.41, 5.74) is 2.00. The first-order valence-corrected chi connectivity index (χ1v) is 14.4. The fraction of sp³-hybridized carbons (Fsp3) is 0.0938. The Kier molecular flexibility index (Phi) is 7.62. The van der Waals surface area contributed by atoms with Crippen molar-refractivity contribution in [2.24, 2.45) is 4.99 Å². The molecule has 214 valence electrons. The fourth-order valence-corrected chi connectivity index (χ4v) is 6.10. The monoisotopic (exact) mass is 611 g/mol. The van der Waals surface area contributed by atoms with Gasteiger partial charge in [0, 0.05) is 29.3 Å². The first kappa shape index (κ1) is 28.1. The summed E-state index contributed by atoms with van der Waals surface area (Å²) < 4.78 is 13.3. The molecular formula is C32H22ClN3O6S. The molecule has 3 heterocycles. The number of nitrogens with zero attached hydrogens (tertiary/aromatic N) is 3. The van der Waals surface area contributed by atoms with E-state index in [1.165, 1.54) is 22.8 Å². The third-order valence-electron chi connectivity index (χ3n) is 6.82. The number of benzene rings is 3. The molecular weight excluding hydrogens is 590 g/mol. The van der Waals surface area contributed by atoms with E-state index in [2.05, 4.69) is 0 Å². The minimum atomic E-state index is -0.787. The Balaban J connectivity index is 1.53. The van der Waals surface area contributed by atoms with E-state index in [0.717, 1.165) is 16.9 Å². The number of ether oxygens (including phenoxy) is 1. The zero-order valence-corrected chi connectivity index (χ0v) is 24.2. The van der Waals surface area contributed by atoms with E-state index in [9.17, 15) is 19.7 Å². The summed E-state index contributed by atoms with van der Waals surface area (Å²) in [7, 11) is 0. The second-order valence-corrected chi connectivity index (χ2v) is 10.9. The van der Waals surface area contributed by atoms with Gasteiger partial charge in [0.05, 0.1) is 38.4 Å². The van der Waals surface area contributed by atoms with Crippen molar-refractivity contribution in [3.63, 3.8) is 0 Å². The van der Waals surface area contributed by atoms with Gasteiger partial charge >= 0.3 is 5.97 Å². The van der Waals surface area contributed by atoms with E-state index in [0.29, 0.717) is 37.7 Å². The van der Waals surface area contributed by atoms with Gasteiger partial charge in [0.1, 0.15) is 11.5 Å². The van der Waals surface area contributed by atoms with Crippen molar-refractivity contribution in [1.29, 1.82) is 0 Å². The lowest BCUT2D eigenvalue weighted by Crippen LogP contribution is -2.39. The van der Waals surface area contributed by atoms with Crippen molar-refractivity contribution < 1.29 is 18.9 Å². The number of fused-ring (bicyclic) bond motifs is 1. The number of nitro benzene ring substituents is 1. The minimum absolute atomic E-state index is 0.127. The smallest absolute Gasteiger partial charge is 0.338 e. The molecule has 2 aromatic heterocycles. The molecule has 3 aromatic carbocycles. The Morgan fingerprint density at radius 1 is 1.09 bits per heavy atom. The molecule has 11 heteroatoms. The second kappa shape index (κ2) is 11.7. The number of rotatable bonds is 7. The van der Waals surface area contributed by atoms with Gasteiger partial charge in [-0.3, -0.25) is 19.5 Å². The lowest BCUT2D eigenvalue weighted by molar-refractivity contribution is -0.384. The standard InChI is InChI=1S/C32H22ClN3O6S/c1-2-41-31(38)27-28(19-9-5-3-6-10-19)34-32-35(29(27)20-11-7-4-8-12-20)30(37)26(43-32)18-22-14-16-25(42-22)23-17-21(36(39)40)13-15-24(23)33/h3-18,29H,2H2,1H3. The fourth-order valence-electron chi connectivity index (χ4n) is 4.91. The average Bonchev–Trinajstić information content (AvgIpc) is 3.61. The summed E-state index contributed by atoms with van der Waals surface area (Å²) in [6.45, 7) is 1.89. The van der Waals surface area contributed by atoms with Gasteiger partial charge in [-0.05, 0) is 30.7 Å². The van der Waals surface area contributed by atoms with Crippen LogP contribution in [-0.4, -0.2) is 22.1 Å². The molecule has 0 spiro atoms. The molecule has 0 radical (unpaired) electrons. The number of non-ortho nitro benzene ring substituents is 1. The minimum Gasteiger partial charge on any atom is -0.463 e. The molecule has 0 fully saturated rings. The Hall–Kier alpha value is -5.06. The van der Waals surface area contributed by atoms with Crippen molar-refractivity contribution in [3.8, 4) is 11.3 Å². The first-order chi connectivity index (χ1) is 20.9. The van der Waals surface area contributed by atoms with E-state index in [-0.39, 0.29) is 28.4 Å². The Morgan fingerprint density at radius 3 is 2.51 bits per heavy atom. The maximum atomic E-state index is 14.0. The van der Waals surface area contributed by atoms with Gasteiger partial charge in [-0.1, -0.05) is 83.6 Å². The summed E-state index contributed by atoms with van der Waals surface area (Å²) in [4.78, 5) is 43.5. The number of hydrogen-bond acceptors (Lipinski definition) is 8. The molecule has 0 bridgehead atoms. The maximum absolute atomic E-state index is 14.0. The highest BCUT2D eigenvalue weighted by Gasteiger charge is 2.35. The molecule has 0 amide bonds. The Bertz CT molecular complexity index is 2080. The van der Waals surface area contributed by atoms with Gasteiger partial charge in [0.2, 0.25) is 0 Å². The van der Waals surface area contributed by atoms with Crippen LogP contribution in [0.5, 0.6) is 0 Å². The molecule has 0 saturated heterocycles. The molecule has 9 nitrogen and oxygen atoms in total. The second-order valence-electron chi connectivity index (χ2n) is 9.47. The maximum Gasteiger partial charge on any atom is 0.338 e. The molecule has 1 aliphatic rings. The average molecular weight is 612 g/mol. The number of nitro groups is 1. The van der Waals surface area contributed by atoms with Crippen molar-refractivity contribution in [1.82, 2.24) is 4.57 Å². The summed E-state index contributed by atoms with van der Waals surface area (Å²) in [5.74, 6) is 0.0931. The van der Waals surface area contributed by atoms with Crippen molar-refractivity contribution >= 4 is 46.4 Å². The SMILES string of the molecule is CCOC(=O)C1=C(c2ccccc2)N=c2sc(=Cc3ccc(-c4cc([N+](=O)[O-])ccc4Cl)o3)c(=O)n2C1c1ccccc1. The Morgan fingerprint density at radius 2 is 1.81 bits per heavy atom. The van der Waals surface area contributed by atoms with Crippen LogP contribution in [0.2, 0.25) is 5.02 Å². The number of carbonyl (C=O) groups excluding carboxylic acids is 1. The summed E-state index contributed by atoms with van der Waals surface area (Å²) in [6.07, 6.45) is 1.58. The van der Waals surface area contributed by atoms with E-state index in [1.54, 1.807) is 25.1 Å². The number of hydrogen-bond donors (Lipinski definition) is 0. The van der Waals surface area contributed by atoms with Crippen LogP contribution < -0.4 is 14.9 Å². The van der Waals surface area contributed by atoms with Crippen LogP contribution in [0.1, 0.15) is 29.9 Å². The van der Waals surface area contributed by atoms with Gasteiger partial charge in [0.25, 0.3) is 11.2 Å². The van der Waals surface area contributed by atoms with Crippen molar-refractivity contribution in [2.75, 3.05) is 6.61 Å². The summed E-state index contributed by atoms with van der Waals surface area (Å²) in [6, 6.07) is 25.2. The zero-order chi connectivity index (χ0) is 30.1. The number of thiazole rings is 1. The van der Waals surface area contributed by atoms with E-state index in [4.69, 9.17) is 25.7 Å². The van der Waals surface area contributed by atoms with Crippen molar-refractivity contribution in [2.45, 2.75) is 13.0 Å². The predicted molar refractivity (Wildman–Crippen MR) is 163 cm³/mol. The zero-order valence-electron chi connectivity index (χ0n) is 22.6. The predicted octanol–water partition coefficient (Wildman–Crippen LogP) is 5.76. The molecule has 0 N–H and O–H groups in total. The van der Waals surface area contributed by atoms with Gasteiger partial charge in [-0.25, -0.2) is 9.79 Å². The van der Waals surface area contributed by atoms with Crippen LogP contribution in [0, 0.1) is 10.1 Å². The molecule has 5 aromatic rings. The Labute approximate surface area is 253 Å². The normalized spacial score (nSPS) is 14.7. The van der Waals surface area contributed by atoms with E-state index >= 15 is 0 Å². The van der Waals surface area contributed by atoms with Crippen LogP contribution in [-0.2, 0) is 9.53 Å².